The van der Waals surface area contributed by atoms with Crippen molar-refractivity contribution in [1.29, 1.82) is 0 Å². The number of halogens is 2. The molecule has 0 saturated heterocycles. The van der Waals surface area contributed by atoms with E-state index in [0.29, 0.717) is 5.56 Å². The molecule has 0 aliphatic heterocycles. The van der Waals surface area contributed by atoms with Crippen LogP contribution in [0.25, 0.3) is 0 Å². The summed E-state index contributed by atoms with van der Waals surface area (Å²) >= 11 is 3.41. The van der Waals surface area contributed by atoms with Crippen LogP contribution >= 0.6 is 15.9 Å². The average molecular weight is 352 g/mol. The third-order valence-electron chi connectivity index (χ3n) is 3.11. The smallest absolute Gasteiger partial charge is 0.337 e. The minimum Gasteiger partial charge on any atom is -0.465 e. The molecule has 2 rings (SSSR count). The van der Waals surface area contributed by atoms with Gasteiger partial charge in [0.15, 0.2) is 0 Å². The molecule has 0 aliphatic rings. The Bertz CT molecular complexity index is 660. The minimum absolute atomic E-state index is 0.107. The fourth-order valence-corrected chi connectivity index (χ4v) is 2.39. The Hall–Kier alpha value is -1.88. The van der Waals surface area contributed by atoms with Gasteiger partial charge in [0.05, 0.1) is 18.4 Å². The summed E-state index contributed by atoms with van der Waals surface area (Å²) in [5.74, 6) is -0.905. The minimum atomic E-state index is -0.492. The van der Waals surface area contributed by atoms with E-state index in [1.807, 2.05) is 31.2 Å². The van der Waals surface area contributed by atoms with Gasteiger partial charge in [-0.05, 0) is 42.8 Å². The molecule has 0 fully saturated rings. The van der Waals surface area contributed by atoms with Crippen molar-refractivity contribution in [2.75, 3.05) is 12.4 Å². The summed E-state index contributed by atoms with van der Waals surface area (Å²) in [6, 6.07) is 11.7. The van der Waals surface area contributed by atoms with Gasteiger partial charge in [0.25, 0.3) is 0 Å². The molecule has 2 aromatic rings. The lowest BCUT2D eigenvalue weighted by atomic mass is 10.1. The van der Waals surface area contributed by atoms with Crippen molar-refractivity contribution in [3.8, 4) is 0 Å². The van der Waals surface area contributed by atoms with Gasteiger partial charge < -0.3 is 10.1 Å². The Morgan fingerprint density at radius 1 is 1.29 bits per heavy atom. The summed E-state index contributed by atoms with van der Waals surface area (Å²) in [5.41, 5.74) is 1.58. The van der Waals surface area contributed by atoms with E-state index in [2.05, 4.69) is 26.0 Å². The fourth-order valence-electron chi connectivity index (χ4n) is 1.97. The predicted molar refractivity (Wildman–Crippen MR) is 83.9 cm³/mol. The van der Waals surface area contributed by atoms with E-state index in [1.54, 1.807) is 0 Å². The molecule has 5 heteroatoms. The van der Waals surface area contributed by atoms with Crippen molar-refractivity contribution < 1.29 is 13.9 Å². The van der Waals surface area contributed by atoms with Crippen LogP contribution in [0, 0.1) is 5.82 Å². The number of carbonyl (C=O) groups excluding carboxylic acids is 1. The number of carbonyl (C=O) groups is 1. The van der Waals surface area contributed by atoms with Gasteiger partial charge >= 0.3 is 5.97 Å². The van der Waals surface area contributed by atoms with Gasteiger partial charge in [-0.25, -0.2) is 9.18 Å². The van der Waals surface area contributed by atoms with Crippen molar-refractivity contribution in [3.63, 3.8) is 0 Å². The van der Waals surface area contributed by atoms with E-state index in [-0.39, 0.29) is 11.7 Å². The number of ether oxygens (including phenoxy) is 1. The van der Waals surface area contributed by atoms with E-state index in [9.17, 15) is 9.18 Å². The number of esters is 1. The molecular formula is C16H15BrFNO2. The van der Waals surface area contributed by atoms with Crippen molar-refractivity contribution in [1.82, 2.24) is 0 Å². The second-order valence-electron chi connectivity index (χ2n) is 4.61. The molecule has 0 aromatic heterocycles. The third kappa shape index (κ3) is 3.82. The van der Waals surface area contributed by atoms with E-state index < -0.39 is 11.8 Å². The molecule has 0 saturated carbocycles. The molecule has 0 amide bonds. The van der Waals surface area contributed by atoms with Gasteiger partial charge in [-0.15, -0.1) is 0 Å². The Balaban J connectivity index is 2.24. The lowest BCUT2D eigenvalue weighted by Gasteiger charge is -2.17. The molecule has 0 heterocycles. The molecule has 0 aliphatic carbocycles. The summed E-state index contributed by atoms with van der Waals surface area (Å²) < 4.78 is 19.5. The van der Waals surface area contributed by atoms with Crippen LogP contribution in [0.4, 0.5) is 10.1 Å². The SMILES string of the molecule is COC(=O)c1ccc(F)c(NC(C)c2cccc(Br)c2)c1. The zero-order chi connectivity index (χ0) is 15.4. The van der Waals surface area contributed by atoms with Crippen LogP contribution in [0.15, 0.2) is 46.9 Å². The highest BCUT2D eigenvalue weighted by Gasteiger charge is 2.12. The van der Waals surface area contributed by atoms with Crippen LogP contribution in [0.3, 0.4) is 0 Å². The van der Waals surface area contributed by atoms with Gasteiger partial charge in [0, 0.05) is 10.5 Å². The molecule has 110 valence electrons. The van der Waals surface area contributed by atoms with Crippen LogP contribution in [0.5, 0.6) is 0 Å². The monoisotopic (exact) mass is 351 g/mol. The molecule has 0 bridgehead atoms. The highest BCUT2D eigenvalue weighted by molar-refractivity contribution is 9.10. The number of benzene rings is 2. The number of rotatable bonds is 4. The van der Waals surface area contributed by atoms with Crippen LogP contribution < -0.4 is 5.32 Å². The first-order valence-corrected chi connectivity index (χ1v) is 7.20. The first-order valence-electron chi connectivity index (χ1n) is 6.41. The summed E-state index contributed by atoms with van der Waals surface area (Å²) in [4.78, 5) is 11.5. The van der Waals surface area contributed by atoms with Gasteiger partial charge in [0.1, 0.15) is 5.82 Å². The Labute approximate surface area is 131 Å². The lowest BCUT2D eigenvalue weighted by Crippen LogP contribution is -2.09. The van der Waals surface area contributed by atoms with Crippen LogP contribution in [0.2, 0.25) is 0 Å². The highest BCUT2D eigenvalue weighted by Crippen LogP contribution is 2.24. The van der Waals surface area contributed by atoms with E-state index >= 15 is 0 Å². The zero-order valence-corrected chi connectivity index (χ0v) is 13.3. The van der Waals surface area contributed by atoms with E-state index in [1.165, 1.54) is 25.3 Å². The summed E-state index contributed by atoms with van der Waals surface area (Å²) in [6.07, 6.45) is 0. The van der Waals surface area contributed by atoms with E-state index in [0.717, 1.165) is 10.0 Å². The van der Waals surface area contributed by atoms with Gasteiger partial charge in [-0.2, -0.15) is 0 Å². The second-order valence-corrected chi connectivity index (χ2v) is 5.52. The quantitative estimate of drug-likeness (QED) is 0.821. The first-order chi connectivity index (χ1) is 10.0. The molecule has 3 nitrogen and oxygen atoms in total. The summed E-state index contributed by atoms with van der Waals surface area (Å²) in [6.45, 7) is 1.92. The highest BCUT2D eigenvalue weighted by atomic mass is 79.9. The van der Waals surface area contributed by atoms with Gasteiger partial charge in [0.2, 0.25) is 0 Å². The maximum Gasteiger partial charge on any atom is 0.337 e. The molecule has 21 heavy (non-hydrogen) atoms. The summed E-state index contributed by atoms with van der Waals surface area (Å²) in [5, 5.41) is 3.07. The normalized spacial score (nSPS) is 11.8. The molecular weight excluding hydrogens is 337 g/mol. The second kappa shape index (κ2) is 6.72. The molecule has 1 N–H and O–H groups in total. The predicted octanol–water partition coefficient (Wildman–Crippen LogP) is 4.55. The number of hydrogen-bond donors (Lipinski definition) is 1. The zero-order valence-electron chi connectivity index (χ0n) is 11.7. The average Bonchev–Trinajstić information content (AvgIpc) is 2.48. The van der Waals surface area contributed by atoms with Crippen molar-refractivity contribution in [2.45, 2.75) is 13.0 Å². The first kappa shape index (κ1) is 15.5. The molecule has 0 radical (unpaired) electrons. The topological polar surface area (TPSA) is 38.3 Å². The molecule has 1 atom stereocenters. The summed E-state index contributed by atoms with van der Waals surface area (Å²) in [7, 11) is 1.29. The molecule has 1 unspecified atom stereocenters. The largest absolute Gasteiger partial charge is 0.465 e. The van der Waals surface area contributed by atoms with Crippen molar-refractivity contribution in [2.24, 2.45) is 0 Å². The third-order valence-corrected chi connectivity index (χ3v) is 3.60. The Morgan fingerprint density at radius 3 is 2.71 bits per heavy atom. The van der Waals surface area contributed by atoms with Crippen molar-refractivity contribution in [3.05, 3.63) is 63.9 Å². The lowest BCUT2D eigenvalue weighted by molar-refractivity contribution is 0.0600. The number of methoxy groups -OCH3 is 1. The number of anilines is 1. The number of hydrogen-bond acceptors (Lipinski definition) is 3. The van der Waals surface area contributed by atoms with Crippen LogP contribution in [-0.2, 0) is 4.74 Å². The maximum absolute atomic E-state index is 13.9. The molecule has 0 spiro atoms. The van der Waals surface area contributed by atoms with Crippen LogP contribution in [0.1, 0.15) is 28.9 Å². The molecule has 2 aromatic carbocycles. The number of nitrogens with one attached hydrogen (secondary N) is 1. The Kier molecular flexibility index (Phi) is 4.96. The maximum atomic E-state index is 13.9. The van der Waals surface area contributed by atoms with Gasteiger partial charge in [-0.1, -0.05) is 28.1 Å². The van der Waals surface area contributed by atoms with Crippen molar-refractivity contribution >= 4 is 27.6 Å². The fraction of sp³-hybridized carbons (Fsp3) is 0.188. The standard InChI is InChI=1S/C16H15BrFNO2/c1-10(11-4-3-5-13(17)8-11)19-15-9-12(16(20)21-2)6-7-14(15)18/h3-10,19H,1-2H3. The van der Waals surface area contributed by atoms with Gasteiger partial charge in [-0.3, -0.25) is 0 Å². The van der Waals surface area contributed by atoms with Crippen LogP contribution in [-0.4, -0.2) is 13.1 Å². The van der Waals surface area contributed by atoms with E-state index in [4.69, 9.17) is 0 Å². The Morgan fingerprint density at radius 2 is 2.05 bits per heavy atom.